The molecular weight excluding hydrogens is 234 g/mol. The van der Waals surface area contributed by atoms with Gasteiger partial charge in [-0.1, -0.05) is 0 Å². The summed E-state index contributed by atoms with van der Waals surface area (Å²) in [6.07, 6.45) is 6.12. The number of Topliss-reactive ketones (excluding diaryl/α,β-unsaturated/α-hetero) is 1. The number of hydrogen-bond donors (Lipinski definition) is 0. The highest BCUT2D eigenvalue weighted by atomic mass is 32.1. The minimum absolute atomic E-state index is 0.0868. The van der Waals surface area contributed by atoms with Crippen LogP contribution in [0.3, 0.4) is 0 Å². The molecule has 2 aromatic heterocycles. The van der Waals surface area contributed by atoms with Crippen LogP contribution in [0.1, 0.15) is 41.2 Å². The first-order valence-corrected chi connectivity index (χ1v) is 6.49. The fourth-order valence-electron chi connectivity index (χ4n) is 1.95. The molecule has 0 aromatic carbocycles. The number of imidazole rings is 1. The highest BCUT2D eigenvalue weighted by Crippen LogP contribution is 2.39. The van der Waals surface area contributed by atoms with Gasteiger partial charge in [-0.3, -0.25) is 4.79 Å². The Morgan fingerprint density at radius 3 is 2.88 bits per heavy atom. The first-order chi connectivity index (χ1) is 8.16. The van der Waals surface area contributed by atoms with Gasteiger partial charge in [-0.15, -0.1) is 11.3 Å². The Labute approximate surface area is 103 Å². The van der Waals surface area contributed by atoms with Gasteiger partial charge in [-0.25, -0.2) is 9.97 Å². The Kier molecular flexibility index (Phi) is 2.36. The topological polar surface area (TPSA) is 47.8 Å². The number of hydrogen-bond acceptors (Lipinski definition) is 4. The highest BCUT2D eigenvalue weighted by Gasteiger charge is 2.27. The number of ketones is 1. The molecule has 3 rings (SSSR count). The lowest BCUT2D eigenvalue weighted by Crippen LogP contribution is -1.93. The van der Waals surface area contributed by atoms with E-state index < -0.39 is 0 Å². The zero-order chi connectivity index (χ0) is 12.0. The monoisotopic (exact) mass is 247 g/mol. The molecule has 5 heteroatoms. The summed E-state index contributed by atoms with van der Waals surface area (Å²) in [5.74, 6) is 0.0868. The normalized spacial score (nSPS) is 15.2. The second-order valence-electron chi connectivity index (χ2n) is 4.41. The van der Waals surface area contributed by atoms with Crippen LogP contribution >= 0.6 is 11.3 Å². The molecule has 4 nitrogen and oxygen atoms in total. The van der Waals surface area contributed by atoms with Gasteiger partial charge in [0.15, 0.2) is 5.78 Å². The van der Waals surface area contributed by atoms with Crippen LogP contribution in [0, 0.1) is 6.92 Å². The molecule has 0 spiro atoms. The molecule has 0 N–H and O–H groups in total. The van der Waals surface area contributed by atoms with E-state index in [-0.39, 0.29) is 5.78 Å². The molecule has 2 heterocycles. The van der Waals surface area contributed by atoms with Crippen LogP contribution in [0.15, 0.2) is 12.5 Å². The van der Waals surface area contributed by atoms with Crippen LogP contribution in [-0.2, 0) is 0 Å². The van der Waals surface area contributed by atoms with Crippen molar-refractivity contribution in [2.45, 2.75) is 32.7 Å². The molecule has 1 aliphatic carbocycles. The zero-order valence-corrected chi connectivity index (χ0v) is 10.6. The third-order valence-electron chi connectivity index (χ3n) is 2.94. The lowest BCUT2D eigenvalue weighted by Gasteiger charge is -2.02. The van der Waals surface area contributed by atoms with Gasteiger partial charge in [0.05, 0.1) is 28.8 Å². The molecule has 2 aromatic rings. The average Bonchev–Trinajstić information content (AvgIpc) is 2.87. The van der Waals surface area contributed by atoms with Crippen LogP contribution in [-0.4, -0.2) is 20.3 Å². The molecule has 0 bridgehead atoms. The Hall–Kier alpha value is -1.49. The van der Waals surface area contributed by atoms with E-state index in [0.29, 0.717) is 6.04 Å². The number of aryl methyl sites for hydroxylation is 1. The van der Waals surface area contributed by atoms with Crippen molar-refractivity contribution in [3.05, 3.63) is 23.1 Å². The van der Waals surface area contributed by atoms with Gasteiger partial charge in [-0.05, 0) is 19.8 Å². The predicted octanol–water partition coefficient (Wildman–Crippen LogP) is 2.85. The summed E-state index contributed by atoms with van der Waals surface area (Å²) in [5.41, 5.74) is 1.86. The van der Waals surface area contributed by atoms with Gasteiger partial charge in [0, 0.05) is 13.0 Å². The molecule has 0 unspecified atom stereocenters. The van der Waals surface area contributed by atoms with Crippen molar-refractivity contribution >= 4 is 17.1 Å². The van der Waals surface area contributed by atoms with E-state index in [4.69, 9.17) is 0 Å². The van der Waals surface area contributed by atoms with Crippen molar-refractivity contribution in [3.8, 4) is 10.7 Å². The molecule has 0 atom stereocenters. The second kappa shape index (κ2) is 3.77. The Balaban J connectivity index is 2.06. The maximum Gasteiger partial charge on any atom is 0.171 e. The van der Waals surface area contributed by atoms with Crippen LogP contribution in [0.2, 0.25) is 0 Å². The van der Waals surface area contributed by atoms with Crippen LogP contribution in [0.4, 0.5) is 0 Å². The van der Waals surface area contributed by atoms with Gasteiger partial charge < -0.3 is 4.57 Å². The fourth-order valence-corrected chi connectivity index (χ4v) is 2.92. The van der Waals surface area contributed by atoms with Gasteiger partial charge in [0.25, 0.3) is 0 Å². The van der Waals surface area contributed by atoms with Crippen molar-refractivity contribution in [2.75, 3.05) is 0 Å². The summed E-state index contributed by atoms with van der Waals surface area (Å²) in [7, 11) is 0. The Morgan fingerprint density at radius 1 is 1.53 bits per heavy atom. The molecule has 1 saturated carbocycles. The maximum atomic E-state index is 11.4. The SMILES string of the molecule is CC(=O)c1sc(-c2cncn2C2CC2)nc1C. The van der Waals surface area contributed by atoms with Gasteiger partial charge in [0.2, 0.25) is 0 Å². The highest BCUT2D eigenvalue weighted by molar-refractivity contribution is 7.17. The first-order valence-electron chi connectivity index (χ1n) is 5.67. The zero-order valence-electron chi connectivity index (χ0n) is 9.80. The molecule has 17 heavy (non-hydrogen) atoms. The van der Waals surface area contributed by atoms with E-state index in [1.807, 2.05) is 19.4 Å². The number of carbonyl (C=O) groups excluding carboxylic acids is 1. The standard InChI is InChI=1S/C12H13N3OS/c1-7-11(8(2)16)17-12(14-7)10-5-13-6-15(10)9-3-4-9/h5-6,9H,3-4H2,1-2H3. The predicted molar refractivity (Wildman–Crippen MR) is 66.3 cm³/mol. The maximum absolute atomic E-state index is 11.4. The summed E-state index contributed by atoms with van der Waals surface area (Å²) in [4.78, 5) is 20.9. The van der Waals surface area contributed by atoms with E-state index in [9.17, 15) is 4.79 Å². The fraction of sp³-hybridized carbons (Fsp3) is 0.417. The summed E-state index contributed by atoms with van der Waals surface area (Å²) in [5, 5.41) is 0.900. The van der Waals surface area contributed by atoms with Crippen LogP contribution < -0.4 is 0 Å². The quantitative estimate of drug-likeness (QED) is 0.783. The van der Waals surface area contributed by atoms with Gasteiger partial charge in [-0.2, -0.15) is 0 Å². The smallest absolute Gasteiger partial charge is 0.171 e. The number of nitrogens with zero attached hydrogens (tertiary/aromatic N) is 3. The number of aromatic nitrogens is 3. The van der Waals surface area contributed by atoms with Crippen molar-refractivity contribution in [3.63, 3.8) is 0 Å². The third-order valence-corrected chi connectivity index (χ3v) is 4.22. The molecule has 0 amide bonds. The molecule has 1 fully saturated rings. The molecule has 1 aliphatic rings. The minimum Gasteiger partial charge on any atom is -0.326 e. The Bertz CT molecular complexity index is 580. The summed E-state index contributed by atoms with van der Waals surface area (Å²) >= 11 is 1.46. The number of rotatable bonds is 3. The second-order valence-corrected chi connectivity index (χ2v) is 5.41. The summed E-state index contributed by atoms with van der Waals surface area (Å²) in [6, 6.07) is 0.581. The van der Waals surface area contributed by atoms with Crippen molar-refractivity contribution in [1.82, 2.24) is 14.5 Å². The van der Waals surface area contributed by atoms with E-state index in [1.54, 1.807) is 6.92 Å². The van der Waals surface area contributed by atoms with E-state index in [2.05, 4.69) is 14.5 Å². The van der Waals surface area contributed by atoms with Crippen molar-refractivity contribution < 1.29 is 4.79 Å². The van der Waals surface area contributed by atoms with E-state index in [1.165, 1.54) is 24.2 Å². The van der Waals surface area contributed by atoms with E-state index in [0.717, 1.165) is 21.3 Å². The van der Waals surface area contributed by atoms with Crippen molar-refractivity contribution in [2.24, 2.45) is 0 Å². The molecular formula is C12H13N3OS. The Morgan fingerprint density at radius 2 is 2.29 bits per heavy atom. The minimum atomic E-state index is 0.0868. The van der Waals surface area contributed by atoms with E-state index >= 15 is 0 Å². The van der Waals surface area contributed by atoms with Gasteiger partial charge >= 0.3 is 0 Å². The van der Waals surface area contributed by atoms with Crippen molar-refractivity contribution in [1.29, 1.82) is 0 Å². The lowest BCUT2D eigenvalue weighted by atomic mass is 10.3. The lowest BCUT2D eigenvalue weighted by molar-refractivity contribution is 0.102. The van der Waals surface area contributed by atoms with Crippen LogP contribution in [0.5, 0.6) is 0 Å². The largest absolute Gasteiger partial charge is 0.326 e. The molecule has 0 radical (unpaired) electrons. The number of carbonyl (C=O) groups is 1. The summed E-state index contributed by atoms with van der Waals surface area (Å²) < 4.78 is 2.17. The molecule has 0 aliphatic heterocycles. The molecule has 88 valence electrons. The number of thiazole rings is 1. The first kappa shape index (κ1) is 10.7. The van der Waals surface area contributed by atoms with Crippen LogP contribution in [0.25, 0.3) is 10.7 Å². The third kappa shape index (κ3) is 1.80. The van der Waals surface area contributed by atoms with Gasteiger partial charge in [0.1, 0.15) is 5.01 Å². The average molecular weight is 247 g/mol. The molecule has 0 saturated heterocycles. The summed E-state index contributed by atoms with van der Waals surface area (Å²) in [6.45, 7) is 3.47.